The fourth-order valence-electron chi connectivity index (χ4n) is 2.19. The van der Waals surface area contributed by atoms with Crippen molar-refractivity contribution >= 4 is 12.1 Å². The van der Waals surface area contributed by atoms with Crippen molar-refractivity contribution in [2.24, 2.45) is 0 Å². The van der Waals surface area contributed by atoms with Crippen molar-refractivity contribution in [2.75, 3.05) is 13.2 Å². The summed E-state index contributed by atoms with van der Waals surface area (Å²) in [6.45, 7) is 2.36. The molecule has 2 aromatic carbocycles. The van der Waals surface area contributed by atoms with Gasteiger partial charge in [0.25, 0.3) is 0 Å². The first-order chi connectivity index (χ1) is 12.7. The molecule has 0 bridgehead atoms. The Hall–Kier alpha value is -2.86. The van der Waals surface area contributed by atoms with Crippen molar-refractivity contribution in [3.05, 3.63) is 71.8 Å². The lowest BCUT2D eigenvalue weighted by Crippen LogP contribution is -2.45. The molecule has 26 heavy (non-hydrogen) atoms. The molecule has 0 spiro atoms. The third-order valence-electron chi connectivity index (χ3n) is 3.47. The molecule has 2 rings (SSSR count). The Morgan fingerprint density at radius 1 is 0.885 bits per heavy atom. The number of esters is 1. The highest BCUT2D eigenvalue weighted by atomic mass is 16.6. The average Bonchev–Trinajstić information content (AvgIpc) is 2.67. The molecular weight excluding hydrogens is 334 g/mol. The van der Waals surface area contributed by atoms with Crippen molar-refractivity contribution in [2.45, 2.75) is 26.2 Å². The largest absolute Gasteiger partial charge is 0.464 e. The molecule has 0 aliphatic heterocycles. The van der Waals surface area contributed by atoms with Crippen molar-refractivity contribution in [3.63, 3.8) is 0 Å². The second-order valence-electron chi connectivity index (χ2n) is 5.51. The second kappa shape index (κ2) is 10.9. The van der Waals surface area contributed by atoms with Gasteiger partial charge in [-0.3, -0.25) is 0 Å². The third-order valence-corrected chi connectivity index (χ3v) is 3.47. The number of carbonyl (C=O) groups excluding carboxylic acids is 2. The molecule has 2 aromatic rings. The van der Waals surface area contributed by atoms with Gasteiger partial charge in [0.05, 0.1) is 19.8 Å². The van der Waals surface area contributed by atoms with Crippen LogP contribution in [0, 0.1) is 0 Å². The van der Waals surface area contributed by atoms with Crippen LogP contribution < -0.4 is 5.32 Å². The molecule has 1 atom stereocenters. The van der Waals surface area contributed by atoms with Gasteiger partial charge in [-0.25, -0.2) is 9.59 Å². The van der Waals surface area contributed by atoms with Crippen LogP contribution in [0.3, 0.4) is 0 Å². The Balaban J connectivity index is 1.83. The van der Waals surface area contributed by atoms with E-state index in [4.69, 9.17) is 14.2 Å². The Labute approximate surface area is 153 Å². The molecule has 6 heteroatoms. The fourth-order valence-corrected chi connectivity index (χ4v) is 2.19. The van der Waals surface area contributed by atoms with Crippen LogP contribution >= 0.6 is 0 Å². The minimum absolute atomic E-state index is 0.00579. The Bertz CT molecular complexity index is 675. The molecule has 138 valence electrons. The smallest absolute Gasteiger partial charge is 0.408 e. The maximum atomic E-state index is 12.0. The van der Waals surface area contributed by atoms with Gasteiger partial charge in [0, 0.05) is 0 Å². The summed E-state index contributed by atoms with van der Waals surface area (Å²) >= 11 is 0. The molecule has 0 aliphatic carbocycles. The first-order valence-electron chi connectivity index (χ1n) is 8.44. The molecule has 0 heterocycles. The number of nitrogens with one attached hydrogen (secondary N) is 1. The molecule has 0 radical (unpaired) electrons. The monoisotopic (exact) mass is 357 g/mol. The van der Waals surface area contributed by atoms with Crippen LogP contribution in [0.4, 0.5) is 4.79 Å². The van der Waals surface area contributed by atoms with E-state index < -0.39 is 18.1 Å². The fraction of sp³-hybridized carbons (Fsp3) is 0.300. The standard InChI is InChI=1S/C20H23NO5/c1-2-25-19(22)18(15-24-13-16-9-5-3-6-10-16)21-20(23)26-14-17-11-7-4-8-12-17/h3-12,18H,2,13-15H2,1H3,(H,21,23)/t18-/m1/s1. The Morgan fingerprint density at radius 2 is 1.46 bits per heavy atom. The van der Waals surface area contributed by atoms with Crippen molar-refractivity contribution in [3.8, 4) is 0 Å². The number of rotatable bonds is 9. The van der Waals surface area contributed by atoms with Gasteiger partial charge in [-0.05, 0) is 18.1 Å². The second-order valence-corrected chi connectivity index (χ2v) is 5.51. The van der Waals surface area contributed by atoms with Crippen LogP contribution in [-0.4, -0.2) is 31.3 Å². The molecule has 0 fully saturated rings. The van der Waals surface area contributed by atoms with Crippen LogP contribution in [0.1, 0.15) is 18.1 Å². The van der Waals surface area contributed by atoms with Crippen molar-refractivity contribution in [1.82, 2.24) is 5.32 Å². The summed E-state index contributed by atoms with van der Waals surface area (Å²) < 4.78 is 15.7. The predicted octanol–water partition coefficient (Wildman–Crippen LogP) is 3.06. The van der Waals surface area contributed by atoms with Gasteiger partial charge in [0.15, 0.2) is 6.04 Å². The SMILES string of the molecule is CCOC(=O)[C@@H](COCc1ccccc1)NC(=O)OCc1ccccc1. The highest BCUT2D eigenvalue weighted by Crippen LogP contribution is 2.03. The highest BCUT2D eigenvalue weighted by Gasteiger charge is 2.23. The van der Waals surface area contributed by atoms with Crippen LogP contribution in [0.25, 0.3) is 0 Å². The number of hydrogen-bond acceptors (Lipinski definition) is 5. The average molecular weight is 357 g/mol. The zero-order chi connectivity index (χ0) is 18.6. The number of ether oxygens (including phenoxy) is 3. The number of amides is 1. The maximum Gasteiger partial charge on any atom is 0.408 e. The van der Waals surface area contributed by atoms with Gasteiger partial charge in [0.2, 0.25) is 0 Å². The van der Waals surface area contributed by atoms with E-state index in [1.165, 1.54) is 0 Å². The zero-order valence-electron chi connectivity index (χ0n) is 14.7. The maximum absolute atomic E-state index is 12.0. The van der Waals surface area contributed by atoms with Crippen LogP contribution in [0.15, 0.2) is 60.7 Å². The Morgan fingerprint density at radius 3 is 2.04 bits per heavy atom. The molecule has 1 N–H and O–H groups in total. The van der Waals surface area contributed by atoms with E-state index in [0.29, 0.717) is 6.61 Å². The number of carbonyl (C=O) groups is 2. The lowest BCUT2D eigenvalue weighted by molar-refractivity contribution is -0.147. The molecule has 0 saturated heterocycles. The summed E-state index contributed by atoms with van der Waals surface area (Å²) in [4.78, 5) is 24.0. The van der Waals surface area contributed by atoms with Gasteiger partial charge in [-0.15, -0.1) is 0 Å². The highest BCUT2D eigenvalue weighted by molar-refractivity contribution is 5.81. The minimum atomic E-state index is -0.929. The van der Waals surface area contributed by atoms with E-state index in [0.717, 1.165) is 11.1 Å². The number of benzene rings is 2. The van der Waals surface area contributed by atoms with E-state index in [9.17, 15) is 9.59 Å². The van der Waals surface area contributed by atoms with E-state index >= 15 is 0 Å². The number of alkyl carbamates (subject to hydrolysis) is 1. The molecule has 1 amide bonds. The molecule has 0 saturated carbocycles. The van der Waals surface area contributed by atoms with Gasteiger partial charge in [0.1, 0.15) is 6.61 Å². The summed E-state index contributed by atoms with van der Waals surface area (Å²) in [5.74, 6) is -0.558. The van der Waals surface area contributed by atoms with E-state index in [1.54, 1.807) is 6.92 Å². The number of hydrogen-bond donors (Lipinski definition) is 1. The topological polar surface area (TPSA) is 73.9 Å². The molecule has 6 nitrogen and oxygen atoms in total. The minimum Gasteiger partial charge on any atom is -0.464 e. The van der Waals surface area contributed by atoms with E-state index in [2.05, 4.69) is 5.32 Å². The molecular formula is C20H23NO5. The first kappa shape index (κ1) is 19.5. The molecule has 0 aromatic heterocycles. The van der Waals surface area contributed by atoms with Crippen molar-refractivity contribution in [1.29, 1.82) is 0 Å². The molecule has 0 unspecified atom stereocenters. The lowest BCUT2D eigenvalue weighted by Gasteiger charge is -2.17. The quantitative estimate of drug-likeness (QED) is 0.698. The summed E-state index contributed by atoms with van der Waals surface area (Å²) in [5.41, 5.74) is 1.83. The van der Waals surface area contributed by atoms with E-state index in [1.807, 2.05) is 60.7 Å². The van der Waals surface area contributed by atoms with E-state index in [-0.39, 0.29) is 19.8 Å². The van der Waals surface area contributed by atoms with Gasteiger partial charge >= 0.3 is 12.1 Å². The summed E-state index contributed by atoms with van der Waals surface area (Å²) in [6, 6.07) is 17.9. The van der Waals surface area contributed by atoms with Gasteiger partial charge < -0.3 is 19.5 Å². The van der Waals surface area contributed by atoms with Gasteiger partial charge in [-0.1, -0.05) is 60.7 Å². The van der Waals surface area contributed by atoms with Gasteiger partial charge in [-0.2, -0.15) is 0 Å². The first-order valence-corrected chi connectivity index (χ1v) is 8.44. The van der Waals surface area contributed by atoms with Crippen molar-refractivity contribution < 1.29 is 23.8 Å². The summed E-state index contributed by atoms with van der Waals surface area (Å²) in [5, 5.41) is 2.50. The third kappa shape index (κ3) is 6.94. The Kier molecular flexibility index (Phi) is 8.15. The zero-order valence-corrected chi connectivity index (χ0v) is 14.7. The molecule has 0 aliphatic rings. The van der Waals surface area contributed by atoms with Crippen LogP contribution in [0.5, 0.6) is 0 Å². The lowest BCUT2D eigenvalue weighted by atomic mass is 10.2. The van der Waals surface area contributed by atoms with Crippen LogP contribution in [0.2, 0.25) is 0 Å². The summed E-state index contributed by atoms with van der Waals surface area (Å²) in [7, 11) is 0. The van der Waals surface area contributed by atoms with Crippen LogP contribution in [-0.2, 0) is 32.2 Å². The normalized spacial score (nSPS) is 11.4. The summed E-state index contributed by atoms with van der Waals surface area (Å²) in [6.07, 6.45) is -0.699. The predicted molar refractivity (Wildman–Crippen MR) is 96.3 cm³/mol.